The molecule has 12 nitrogen and oxygen atoms in total. The number of carbonyl (C=O) groups excluding carboxylic acids is 3. The molecule has 0 saturated heterocycles. The maximum Gasteiger partial charge on any atom is 0.326 e. The second kappa shape index (κ2) is 13.8. The van der Waals surface area contributed by atoms with Gasteiger partial charge in [0.05, 0.1) is 12.4 Å². The topological polar surface area (TPSA) is 195 Å². The van der Waals surface area contributed by atoms with Crippen molar-refractivity contribution in [2.45, 2.75) is 57.3 Å². The highest BCUT2D eigenvalue weighted by Gasteiger charge is 2.30. The number of thiol groups is 1. The fourth-order valence-electron chi connectivity index (χ4n) is 4.17. The van der Waals surface area contributed by atoms with Crippen LogP contribution in [0, 0.1) is 5.92 Å². The summed E-state index contributed by atoms with van der Waals surface area (Å²) in [4.78, 5) is 60.8. The zero-order valence-corrected chi connectivity index (χ0v) is 22.7. The number of H-pyrrole nitrogens is 2. The van der Waals surface area contributed by atoms with Gasteiger partial charge in [-0.05, 0) is 24.0 Å². The molecular weight excluding hydrogens is 522 g/mol. The second-order valence-corrected chi connectivity index (χ2v) is 10.2. The minimum atomic E-state index is -1.17. The van der Waals surface area contributed by atoms with E-state index in [1.807, 2.05) is 38.1 Å². The summed E-state index contributed by atoms with van der Waals surface area (Å²) in [5.74, 6) is -3.10. The van der Waals surface area contributed by atoms with Crippen LogP contribution in [0.1, 0.15) is 31.5 Å². The SMILES string of the molecule is CC(C)CC(NC(=O)C(CS)NC(=O)C(Cc1c[nH]c2ccccc12)NC(=O)C(N)Cc1cnc[nH]1)C(=O)O. The van der Waals surface area contributed by atoms with Crippen molar-refractivity contribution in [3.8, 4) is 0 Å². The van der Waals surface area contributed by atoms with Gasteiger partial charge in [-0.1, -0.05) is 32.0 Å². The minimum absolute atomic E-state index is 0.0252. The molecule has 0 radical (unpaired) electrons. The van der Waals surface area contributed by atoms with Gasteiger partial charge < -0.3 is 36.8 Å². The smallest absolute Gasteiger partial charge is 0.326 e. The van der Waals surface area contributed by atoms with Gasteiger partial charge in [-0.3, -0.25) is 14.4 Å². The van der Waals surface area contributed by atoms with E-state index in [9.17, 15) is 24.3 Å². The molecule has 3 aromatic rings. The van der Waals surface area contributed by atoms with E-state index in [1.54, 1.807) is 12.4 Å². The van der Waals surface area contributed by atoms with E-state index in [1.165, 1.54) is 6.33 Å². The number of nitrogens with one attached hydrogen (secondary N) is 5. The lowest BCUT2D eigenvalue weighted by molar-refractivity contribution is -0.142. The van der Waals surface area contributed by atoms with Gasteiger partial charge in [0.1, 0.15) is 18.1 Å². The normalized spacial score (nSPS) is 14.4. The van der Waals surface area contributed by atoms with Crippen LogP contribution < -0.4 is 21.7 Å². The summed E-state index contributed by atoms with van der Waals surface area (Å²) in [5.41, 5.74) is 8.40. The van der Waals surface area contributed by atoms with E-state index in [0.717, 1.165) is 16.5 Å². The van der Waals surface area contributed by atoms with Crippen LogP contribution in [-0.4, -0.2) is 73.7 Å². The number of carboxylic acids is 1. The van der Waals surface area contributed by atoms with Crippen molar-refractivity contribution in [1.29, 1.82) is 0 Å². The Bertz CT molecular complexity index is 1280. The number of benzene rings is 1. The number of imidazole rings is 1. The first-order chi connectivity index (χ1) is 18.6. The third-order valence-electron chi connectivity index (χ3n) is 6.20. The zero-order valence-electron chi connectivity index (χ0n) is 21.8. The fraction of sp³-hybridized carbons (Fsp3) is 0.423. The number of carbonyl (C=O) groups is 4. The Kier molecular flexibility index (Phi) is 10.5. The van der Waals surface area contributed by atoms with Crippen molar-refractivity contribution >= 4 is 47.2 Å². The number of fused-ring (bicyclic) bond motifs is 1. The maximum absolute atomic E-state index is 13.4. The van der Waals surface area contributed by atoms with Gasteiger partial charge in [-0.25, -0.2) is 9.78 Å². The van der Waals surface area contributed by atoms with Gasteiger partial charge in [-0.2, -0.15) is 12.6 Å². The molecule has 0 fully saturated rings. The molecule has 13 heteroatoms. The number of hydrogen-bond donors (Lipinski definition) is 8. The monoisotopic (exact) mass is 557 g/mol. The number of aliphatic carboxylic acids is 1. The van der Waals surface area contributed by atoms with E-state index in [4.69, 9.17) is 5.73 Å². The van der Waals surface area contributed by atoms with Crippen LogP contribution in [0.5, 0.6) is 0 Å². The molecule has 2 heterocycles. The standard InChI is InChI=1S/C26H35N7O5S/c1-14(2)7-21(26(37)38)32-25(36)22(12-39)33-24(35)20(8-15-10-29-19-6-4-3-5-17(15)19)31-23(34)18(27)9-16-11-28-13-30-16/h3-6,10-11,13-14,18,20-22,29,39H,7-9,12,27H2,1-2H3,(H,28,30)(H,31,34)(H,32,36)(H,33,35)(H,37,38). The Balaban J connectivity index is 1.77. The summed E-state index contributed by atoms with van der Waals surface area (Å²) in [6, 6.07) is 3.25. The van der Waals surface area contributed by atoms with Crippen LogP contribution >= 0.6 is 12.6 Å². The molecule has 4 atom stereocenters. The number of para-hydroxylation sites is 1. The predicted octanol–water partition coefficient (Wildman–Crippen LogP) is 0.518. The summed E-state index contributed by atoms with van der Waals surface area (Å²) >= 11 is 4.19. The lowest BCUT2D eigenvalue weighted by Gasteiger charge is -2.25. The predicted molar refractivity (Wildman–Crippen MR) is 149 cm³/mol. The van der Waals surface area contributed by atoms with E-state index in [2.05, 4.69) is 43.5 Å². The lowest BCUT2D eigenvalue weighted by Crippen LogP contribution is -2.58. The van der Waals surface area contributed by atoms with Gasteiger partial charge >= 0.3 is 5.97 Å². The number of nitrogens with two attached hydrogens (primary N) is 1. The van der Waals surface area contributed by atoms with E-state index < -0.39 is 47.9 Å². The van der Waals surface area contributed by atoms with Crippen LogP contribution in [-0.2, 0) is 32.0 Å². The van der Waals surface area contributed by atoms with Crippen LogP contribution in [0.25, 0.3) is 10.9 Å². The summed E-state index contributed by atoms with van der Waals surface area (Å²) in [6.07, 6.45) is 5.32. The number of rotatable bonds is 14. The number of hydrogen-bond acceptors (Lipinski definition) is 7. The van der Waals surface area contributed by atoms with Gasteiger partial charge in [0.25, 0.3) is 0 Å². The molecule has 3 rings (SSSR count). The highest BCUT2D eigenvalue weighted by atomic mass is 32.1. The Labute approximate surface area is 231 Å². The number of carboxylic acid groups (broad SMARTS) is 1. The van der Waals surface area contributed by atoms with Crippen molar-refractivity contribution < 1.29 is 24.3 Å². The van der Waals surface area contributed by atoms with Crippen molar-refractivity contribution in [3.63, 3.8) is 0 Å². The molecule has 2 aromatic heterocycles. The number of aromatic amines is 2. The van der Waals surface area contributed by atoms with Crippen LogP contribution in [0.2, 0.25) is 0 Å². The van der Waals surface area contributed by atoms with E-state index in [-0.39, 0.29) is 30.9 Å². The molecule has 0 aliphatic heterocycles. The molecule has 3 amide bonds. The molecule has 0 spiro atoms. The average Bonchev–Trinajstić information content (AvgIpc) is 3.55. The lowest BCUT2D eigenvalue weighted by atomic mass is 10.0. The molecule has 0 saturated carbocycles. The van der Waals surface area contributed by atoms with Gasteiger partial charge in [0.15, 0.2) is 0 Å². The van der Waals surface area contributed by atoms with Crippen molar-refractivity contribution in [2.75, 3.05) is 5.75 Å². The van der Waals surface area contributed by atoms with Crippen LogP contribution in [0.3, 0.4) is 0 Å². The zero-order chi connectivity index (χ0) is 28.5. The Morgan fingerprint density at radius 1 is 0.974 bits per heavy atom. The highest BCUT2D eigenvalue weighted by Crippen LogP contribution is 2.19. The summed E-state index contributed by atoms with van der Waals surface area (Å²) in [6.45, 7) is 3.68. The second-order valence-electron chi connectivity index (χ2n) is 9.78. The van der Waals surface area contributed by atoms with Gasteiger partial charge in [-0.15, -0.1) is 0 Å². The molecule has 0 aliphatic rings. The molecule has 0 bridgehead atoms. The first-order valence-corrected chi connectivity index (χ1v) is 13.2. The maximum atomic E-state index is 13.4. The summed E-state index contributed by atoms with van der Waals surface area (Å²) in [7, 11) is 0. The molecule has 8 N–H and O–H groups in total. The Morgan fingerprint density at radius 3 is 2.28 bits per heavy atom. The Hall–Kier alpha value is -3.84. The Morgan fingerprint density at radius 2 is 1.64 bits per heavy atom. The molecule has 4 unspecified atom stereocenters. The number of nitrogens with zero attached hydrogens (tertiary/aromatic N) is 1. The molecule has 39 heavy (non-hydrogen) atoms. The highest BCUT2D eigenvalue weighted by molar-refractivity contribution is 7.80. The van der Waals surface area contributed by atoms with Gasteiger partial charge in [0.2, 0.25) is 17.7 Å². The largest absolute Gasteiger partial charge is 0.480 e. The average molecular weight is 558 g/mol. The fourth-order valence-corrected chi connectivity index (χ4v) is 4.42. The number of aromatic nitrogens is 3. The van der Waals surface area contributed by atoms with Crippen LogP contribution in [0.15, 0.2) is 43.0 Å². The van der Waals surface area contributed by atoms with E-state index >= 15 is 0 Å². The first-order valence-electron chi connectivity index (χ1n) is 12.6. The molecule has 1 aromatic carbocycles. The molecule has 210 valence electrons. The third-order valence-corrected chi connectivity index (χ3v) is 6.57. The molecular formula is C26H35N7O5S. The number of amides is 3. The van der Waals surface area contributed by atoms with Crippen LogP contribution in [0.4, 0.5) is 0 Å². The summed E-state index contributed by atoms with van der Waals surface area (Å²) < 4.78 is 0. The molecule has 0 aliphatic carbocycles. The van der Waals surface area contributed by atoms with E-state index in [0.29, 0.717) is 5.69 Å². The third kappa shape index (κ3) is 8.32. The van der Waals surface area contributed by atoms with Crippen molar-refractivity contribution in [2.24, 2.45) is 11.7 Å². The summed E-state index contributed by atoms with van der Waals surface area (Å²) in [5, 5.41) is 18.2. The van der Waals surface area contributed by atoms with Crippen molar-refractivity contribution in [3.05, 3.63) is 54.2 Å². The quantitative estimate of drug-likeness (QED) is 0.132. The first kappa shape index (κ1) is 29.7. The van der Waals surface area contributed by atoms with Gasteiger partial charge in [0, 0.05) is 47.6 Å². The van der Waals surface area contributed by atoms with Crippen molar-refractivity contribution in [1.82, 2.24) is 30.9 Å². The minimum Gasteiger partial charge on any atom is -0.480 e.